The quantitative estimate of drug-likeness (QED) is 0.0660. The molecule has 2 amide bonds. The van der Waals surface area contributed by atoms with Gasteiger partial charge < -0.3 is 40.5 Å². The van der Waals surface area contributed by atoms with Crippen molar-refractivity contribution in [2.75, 3.05) is 10.6 Å². The zero-order chi connectivity index (χ0) is 43.1. The number of carbonyl (C=O) groups excluding carboxylic acids is 3. The van der Waals surface area contributed by atoms with Crippen LogP contribution in [0.25, 0.3) is 0 Å². The zero-order valence-electron chi connectivity index (χ0n) is 35.0. The molecule has 59 heavy (non-hydrogen) atoms. The van der Waals surface area contributed by atoms with Crippen LogP contribution in [-0.2, 0) is 30.8 Å². The van der Waals surface area contributed by atoms with E-state index in [-0.39, 0.29) is 47.7 Å². The number of nitrogens with one attached hydrogen (secondary N) is 2. The summed E-state index contributed by atoms with van der Waals surface area (Å²) in [7, 11) is 0. The van der Waals surface area contributed by atoms with Gasteiger partial charge in [-0.15, -0.1) is 0 Å². The maximum Gasteiger partial charge on any atom is 0.340 e. The van der Waals surface area contributed by atoms with Crippen LogP contribution in [-0.4, -0.2) is 38.2 Å². The summed E-state index contributed by atoms with van der Waals surface area (Å²) >= 11 is 0. The Morgan fingerprint density at radius 3 is 1.42 bits per heavy atom. The molecule has 0 aromatic heterocycles. The average molecular weight is 799 g/mol. The molecular weight excluding hydrogens is 749 g/mol. The maximum atomic E-state index is 13.7. The molecule has 1 spiro atoms. The number of aromatic hydroxyl groups is 4. The van der Waals surface area contributed by atoms with Gasteiger partial charge in [0.05, 0.1) is 5.56 Å². The number of carbonyl (C=O) groups is 3. The largest absolute Gasteiger partial charge is 0.507 e. The molecule has 2 heterocycles. The minimum absolute atomic E-state index is 0.0250. The Hall–Kier alpha value is -6.49. The molecule has 0 atom stereocenters. The zero-order valence-corrected chi connectivity index (χ0v) is 35.0. The molecular formula is C48H50N2O9. The first-order valence-electron chi connectivity index (χ1n) is 19.5. The minimum Gasteiger partial charge on any atom is -0.507 e. The molecule has 0 saturated carbocycles. The van der Waals surface area contributed by atoms with E-state index in [0.717, 1.165) is 0 Å². The van der Waals surface area contributed by atoms with Crippen LogP contribution in [0.2, 0.25) is 0 Å². The molecule has 5 aromatic rings. The topological polar surface area (TPSA) is 175 Å². The summed E-state index contributed by atoms with van der Waals surface area (Å²) in [5, 5.41) is 49.7. The first-order chi connectivity index (χ1) is 27.6. The van der Waals surface area contributed by atoms with Crippen molar-refractivity contribution in [3.63, 3.8) is 0 Å². The summed E-state index contributed by atoms with van der Waals surface area (Å²) in [6.07, 6.45) is -0.0501. The van der Waals surface area contributed by atoms with Crippen molar-refractivity contribution in [2.24, 2.45) is 0 Å². The lowest BCUT2D eigenvalue weighted by Crippen LogP contribution is -2.33. The van der Waals surface area contributed by atoms with Crippen LogP contribution in [0.4, 0.5) is 11.4 Å². The Bertz CT molecular complexity index is 2430. The second-order valence-corrected chi connectivity index (χ2v) is 17.3. The SMILES string of the molecule is Cc1c(C)c(O)c(C(C)(C)CC(=O)Nc2ccc3c(c2)Oc2cc(NC(=O)CC(C)(C)c4c(C)c(O)c(C)c(C)c4O)ccc2C32OC(=O)c3ccccc32)c(C)c1O. The molecule has 11 heteroatoms. The van der Waals surface area contributed by atoms with Gasteiger partial charge in [-0.1, -0.05) is 45.9 Å². The van der Waals surface area contributed by atoms with Crippen molar-refractivity contribution in [2.45, 2.75) is 98.5 Å². The van der Waals surface area contributed by atoms with Crippen LogP contribution in [0.5, 0.6) is 34.5 Å². The number of phenols is 4. The van der Waals surface area contributed by atoms with Gasteiger partial charge in [-0.05, 0) is 105 Å². The number of phenolic OH excluding ortho intramolecular Hbond substituents is 4. The second-order valence-electron chi connectivity index (χ2n) is 17.3. The Morgan fingerprint density at radius 1 is 0.576 bits per heavy atom. The highest BCUT2D eigenvalue weighted by Crippen LogP contribution is 2.57. The van der Waals surface area contributed by atoms with Crippen LogP contribution in [0.3, 0.4) is 0 Å². The smallest absolute Gasteiger partial charge is 0.340 e. The van der Waals surface area contributed by atoms with E-state index in [1.165, 1.54) is 0 Å². The van der Waals surface area contributed by atoms with E-state index >= 15 is 0 Å². The van der Waals surface area contributed by atoms with Crippen LogP contribution < -0.4 is 15.4 Å². The molecule has 0 saturated heterocycles. The first kappa shape index (κ1) is 40.7. The van der Waals surface area contributed by atoms with Gasteiger partial charge in [-0.2, -0.15) is 0 Å². The van der Waals surface area contributed by atoms with E-state index in [0.29, 0.717) is 89.6 Å². The Balaban J connectivity index is 1.20. The van der Waals surface area contributed by atoms with Gasteiger partial charge >= 0.3 is 5.97 Å². The number of anilines is 2. The number of rotatable bonds is 8. The molecule has 2 aliphatic heterocycles. The Kier molecular flexibility index (Phi) is 9.73. The van der Waals surface area contributed by atoms with E-state index in [9.17, 15) is 34.8 Å². The van der Waals surface area contributed by atoms with E-state index < -0.39 is 22.4 Å². The predicted octanol–water partition coefficient (Wildman–Crippen LogP) is 9.54. The van der Waals surface area contributed by atoms with Crippen LogP contribution in [0.1, 0.15) is 112 Å². The maximum absolute atomic E-state index is 13.7. The standard InChI is InChI=1S/C48H50N2O9/c1-23-25(3)43(55)39(27(5)41(23)53)46(7,8)21-37(51)49-29-15-17-33-35(19-29)58-36-20-30(16-18-34(36)48(33)32-14-12-11-13-31(32)45(57)59-48)50-38(52)22-47(9,10)40-28(6)42(54)24(2)26(4)44(40)56/h11-20,53-56H,21-22H2,1-10H3,(H,49,51)(H,50,52). The molecule has 5 aromatic carbocycles. The summed E-state index contributed by atoms with van der Waals surface area (Å²) in [5.74, 6) is -0.311. The lowest BCUT2D eigenvalue weighted by molar-refractivity contribution is -0.118. The highest BCUT2D eigenvalue weighted by Gasteiger charge is 2.53. The number of hydrogen-bond donors (Lipinski definition) is 6. The van der Waals surface area contributed by atoms with Gasteiger partial charge in [0.2, 0.25) is 11.8 Å². The predicted molar refractivity (Wildman–Crippen MR) is 225 cm³/mol. The molecule has 2 aliphatic rings. The summed E-state index contributed by atoms with van der Waals surface area (Å²) in [5.41, 5.74) is 4.06. The summed E-state index contributed by atoms with van der Waals surface area (Å²) in [6.45, 7) is 17.7. The number of amides is 2. The molecule has 306 valence electrons. The third-order valence-electron chi connectivity index (χ3n) is 12.3. The van der Waals surface area contributed by atoms with E-state index in [2.05, 4.69) is 10.6 Å². The van der Waals surface area contributed by atoms with Gasteiger partial charge in [0.25, 0.3) is 0 Å². The molecule has 0 unspecified atom stereocenters. The number of ether oxygens (including phenoxy) is 2. The fraction of sp³-hybridized carbons (Fsp3) is 0.312. The highest BCUT2D eigenvalue weighted by atomic mass is 16.6. The molecule has 0 bridgehead atoms. The lowest BCUT2D eigenvalue weighted by atomic mass is 9.76. The van der Waals surface area contributed by atoms with Crippen LogP contribution in [0, 0.1) is 41.5 Å². The van der Waals surface area contributed by atoms with Gasteiger partial charge in [0, 0.05) is 75.0 Å². The third kappa shape index (κ3) is 6.49. The lowest BCUT2D eigenvalue weighted by Gasteiger charge is -2.37. The molecule has 0 aliphatic carbocycles. The van der Waals surface area contributed by atoms with E-state index in [4.69, 9.17) is 9.47 Å². The number of hydrogen-bond acceptors (Lipinski definition) is 9. The summed E-state index contributed by atoms with van der Waals surface area (Å²) < 4.78 is 12.8. The third-order valence-corrected chi connectivity index (χ3v) is 12.3. The number of esters is 1. The fourth-order valence-corrected chi connectivity index (χ4v) is 9.12. The van der Waals surface area contributed by atoms with Crippen molar-refractivity contribution in [3.05, 3.63) is 127 Å². The van der Waals surface area contributed by atoms with Crippen LogP contribution >= 0.6 is 0 Å². The van der Waals surface area contributed by atoms with Gasteiger partial charge in [-0.3, -0.25) is 9.59 Å². The summed E-state index contributed by atoms with van der Waals surface area (Å²) in [6, 6.07) is 17.4. The van der Waals surface area contributed by atoms with Crippen molar-refractivity contribution >= 4 is 29.2 Å². The van der Waals surface area contributed by atoms with Crippen molar-refractivity contribution in [3.8, 4) is 34.5 Å². The van der Waals surface area contributed by atoms with Gasteiger partial charge in [-0.25, -0.2) is 4.79 Å². The normalized spacial score (nSPS) is 13.9. The summed E-state index contributed by atoms with van der Waals surface area (Å²) in [4.78, 5) is 40.8. The van der Waals surface area contributed by atoms with Crippen LogP contribution in [0.15, 0.2) is 60.7 Å². The molecule has 6 N–H and O–H groups in total. The van der Waals surface area contributed by atoms with Crippen molar-refractivity contribution in [1.82, 2.24) is 0 Å². The molecule has 0 radical (unpaired) electrons. The van der Waals surface area contributed by atoms with E-state index in [1.807, 2.05) is 39.8 Å². The highest BCUT2D eigenvalue weighted by molar-refractivity contribution is 5.98. The Morgan fingerprint density at radius 2 is 0.983 bits per heavy atom. The monoisotopic (exact) mass is 798 g/mol. The van der Waals surface area contributed by atoms with Crippen molar-refractivity contribution < 1.29 is 44.3 Å². The second kappa shape index (κ2) is 14.1. The molecule has 0 fully saturated rings. The Labute approximate surface area is 343 Å². The van der Waals surface area contributed by atoms with Gasteiger partial charge in [0.1, 0.15) is 34.5 Å². The number of fused-ring (bicyclic) bond motifs is 6. The van der Waals surface area contributed by atoms with E-state index in [1.54, 1.807) is 90.1 Å². The molecule has 7 rings (SSSR count). The average Bonchev–Trinajstić information content (AvgIpc) is 3.45. The first-order valence-corrected chi connectivity index (χ1v) is 19.5. The van der Waals surface area contributed by atoms with Crippen molar-refractivity contribution in [1.29, 1.82) is 0 Å². The fourth-order valence-electron chi connectivity index (χ4n) is 9.12. The van der Waals surface area contributed by atoms with Gasteiger partial charge in [0.15, 0.2) is 5.60 Å². The number of benzene rings is 5. The molecule has 11 nitrogen and oxygen atoms in total. The minimum atomic E-state index is -1.40.